The van der Waals surface area contributed by atoms with Gasteiger partial charge in [-0.2, -0.15) is 0 Å². The second-order valence-corrected chi connectivity index (χ2v) is 3.71. The van der Waals surface area contributed by atoms with Crippen molar-refractivity contribution in [2.75, 3.05) is 0 Å². The summed E-state index contributed by atoms with van der Waals surface area (Å²) in [6.45, 7) is 0. The van der Waals surface area contributed by atoms with E-state index in [0.717, 1.165) is 10.3 Å². The van der Waals surface area contributed by atoms with Crippen molar-refractivity contribution in [1.29, 1.82) is 0 Å². The standard InChI is InChI=1S/C9H5N3S/c1-2-4-8-7(3-1)12-9(13-8)5-10-6-11-12/h1-2,4-6H/q+1. The molecule has 3 aromatic rings. The molecule has 0 unspecified atom stereocenters. The molecule has 0 saturated heterocycles. The zero-order valence-corrected chi connectivity index (χ0v) is 7.45. The molecule has 3 rings (SSSR count). The highest BCUT2D eigenvalue weighted by Gasteiger charge is 2.13. The summed E-state index contributed by atoms with van der Waals surface area (Å²) >= 11 is 1.67. The van der Waals surface area contributed by atoms with Crippen LogP contribution in [-0.2, 0) is 0 Å². The maximum atomic E-state index is 4.15. The minimum absolute atomic E-state index is 1.02. The van der Waals surface area contributed by atoms with Crippen LogP contribution in [0, 0.1) is 6.07 Å². The number of rotatable bonds is 0. The van der Waals surface area contributed by atoms with Gasteiger partial charge in [0.1, 0.15) is 10.9 Å². The van der Waals surface area contributed by atoms with Crippen LogP contribution in [-0.4, -0.2) is 10.1 Å². The Hall–Kier alpha value is -1.55. The van der Waals surface area contributed by atoms with Crippen molar-refractivity contribution in [2.24, 2.45) is 0 Å². The molecule has 0 spiro atoms. The summed E-state index contributed by atoms with van der Waals surface area (Å²) in [5.74, 6) is 0. The zero-order valence-electron chi connectivity index (χ0n) is 6.64. The fourth-order valence-corrected chi connectivity index (χ4v) is 2.25. The van der Waals surface area contributed by atoms with Gasteiger partial charge in [-0.15, -0.1) is 0 Å². The molecule has 0 aliphatic rings. The molecule has 0 aliphatic carbocycles. The van der Waals surface area contributed by atoms with Gasteiger partial charge in [-0.25, -0.2) is 4.98 Å². The van der Waals surface area contributed by atoms with Gasteiger partial charge in [0, 0.05) is 5.10 Å². The molecule has 1 aromatic carbocycles. The molecule has 61 valence electrons. The first kappa shape index (κ1) is 6.91. The number of hydrogen-bond acceptors (Lipinski definition) is 3. The first-order valence-electron chi connectivity index (χ1n) is 3.86. The van der Waals surface area contributed by atoms with Crippen LogP contribution < -0.4 is 4.52 Å². The lowest BCUT2D eigenvalue weighted by Gasteiger charge is -1.78. The Morgan fingerprint density at radius 2 is 2.46 bits per heavy atom. The van der Waals surface area contributed by atoms with Gasteiger partial charge < -0.3 is 0 Å². The largest absolute Gasteiger partial charge is 0.313 e. The summed E-state index contributed by atoms with van der Waals surface area (Å²) in [5.41, 5.74) is 1.02. The van der Waals surface area contributed by atoms with Crippen LogP contribution in [0.4, 0.5) is 0 Å². The van der Waals surface area contributed by atoms with Crippen molar-refractivity contribution in [3.05, 3.63) is 36.8 Å². The Morgan fingerprint density at radius 3 is 3.46 bits per heavy atom. The van der Waals surface area contributed by atoms with Crippen molar-refractivity contribution in [3.8, 4) is 0 Å². The van der Waals surface area contributed by atoms with Crippen molar-refractivity contribution < 1.29 is 4.52 Å². The summed E-state index contributed by atoms with van der Waals surface area (Å²) < 4.78 is 3.04. The van der Waals surface area contributed by atoms with E-state index in [-0.39, 0.29) is 0 Å². The molecule has 0 saturated carbocycles. The Morgan fingerprint density at radius 1 is 1.46 bits per heavy atom. The smallest absolute Gasteiger partial charge is 0.231 e. The van der Waals surface area contributed by atoms with E-state index < -0.39 is 0 Å². The number of nitrogens with zero attached hydrogens (tertiary/aromatic N) is 3. The molecule has 2 heterocycles. The highest BCUT2D eigenvalue weighted by atomic mass is 32.1. The Bertz CT molecular complexity index is 523. The highest BCUT2D eigenvalue weighted by Crippen LogP contribution is 2.18. The van der Waals surface area contributed by atoms with E-state index in [2.05, 4.69) is 22.2 Å². The van der Waals surface area contributed by atoms with E-state index in [1.807, 2.05) is 22.8 Å². The molecular formula is C9H5N3S+. The number of hydrogen-bond donors (Lipinski definition) is 0. The summed E-state index contributed by atoms with van der Waals surface area (Å²) in [6.07, 6.45) is 3.35. The molecule has 0 amide bonds. The van der Waals surface area contributed by atoms with Crippen LogP contribution in [0.15, 0.2) is 30.7 Å². The van der Waals surface area contributed by atoms with E-state index in [1.165, 1.54) is 4.70 Å². The van der Waals surface area contributed by atoms with Crippen molar-refractivity contribution in [3.63, 3.8) is 0 Å². The van der Waals surface area contributed by atoms with Gasteiger partial charge in [-0.1, -0.05) is 17.4 Å². The summed E-state index contributed by atoms with van der Waals surface area (Å²) in [7, 11) is 0. The zero-order chi connectivity index (χ0) is 8.67. The van der Waals surface area contributed by atoms with Gasteiger partial charge in [-0.05, 0) is 16.6 Å². The van der Waals surface area contributed by atoms with Crippen LogP contribution in [0.1, 0.15) is 0 Å². The third kappa shape index (κ3) is 0.922. The lowest BCUT2D eigenvalue weighted by molar-refractivity contribution is -0.550. The minimum Gasteiger partial charge on any atom is -0.231 e. The topological polar surface area (TPSA) is 29.9 Å². The average Bonchev–Trinajstić information content (AvgIpc) is 2.56. The molecular weight excluding hydrogens is 182 g/mol. The predicted octanol–water partition coefficient (Wildman–Crippen LogP) is 1.23. The quantitative estimate of drug-likeness (QED) is 0.495. The van der Waals surface area contributed by atoms with Gasteiger partial charge in [0.2, 0.25) is 0 Å². The molecule has 0 bridgehead atoms. The van der Waals surface area contributed by atoms with E-state index in [4.69, 9.17) is 0 Å². The summed E-state index contributed by atoms with van der Waals surface area (Å²) in [6, 6.07) is 9.09. The number of fused-ring (bicyclic) bond motifs is 3. The monoisotopic (exact) mass is 187 g/mol. The Labute approximate surface area is 78.3 Å². The first-order valence-corrected chi connectivity index (χ1v) is 4.68. The van der Waals surface area contributed by atoms with Gasteiger partial charge in [0.15, 0.2) is 6.33 Å². The molecule has 3 nitrogen and oxygen atoms in total. The van der Waals surface area contributed by atoms with Crippen molar-refractivity contribution in [2.45, 2.75) is 0 Å². The van der Waals surface area contributed by atoms with Gasteiger partial charge >= 0.3 is 4.83 Å². The van der Waals surface area contributed by atoms with Crippen molar-refractivity contribution in [1.82, 2.24) is 10.1 Å². The lowest BCUT2D eigenvalue weighted by atomic mass is 10.3. The van der Waals surface area contributed by atoms with Crippen LogP contribution in [0.5, 0.6) is 0 Å². The van der Waals surface area contributed by atoms with E-state index >= 15 is 0 Å². The van der Waals surface area contributed by atoms with Crippen molar-refractivity contribution >= 4 is 26.4 Å². The fourth-order valence-electron chi connectivity index (χ4n) is 1.30. The van der Waals surface area contributed by atoms with E-state index in [9.17, 15) is 0 Å². The lowest BCUT2D eigenvalue weighted by Crippen LogP contribution is -2.24. The first-order chi connectivity index (χ1) is 6.45. The molecule has 0 N–H and O–H groups in total. The summed E-state index contributed by atoms with van der Waals surface area (Å²) in [4.78, 5) is 5.01. The molecule has 0 aliphatic heterocycles. The number of para-hydroxylation sites is 1. The SMILES string of the molecule is [c]1cccc2sc3cncn[n+]3c12. The average molecular weight is 187 g/mol. The number of benzene rings is 1. The Balaban J connectivity index is 2.64. The van der Waals surface area contributed by atoms with Crippen LogP contribution >= 0.6 is 11.3 Å². The minimum atomic E-state index is 1.02. The molecule has 0 atom stereocenters. The van der Waals surface area contributed by atoms with Gasteiger partial charge in [0.25, 0.3) is 5.52 Å². The molecule has 2 aromatic heterocycles. The van der Waals surface area contributed by atoms with Gasteiger partial charge in [0.05, 0.1) is 6.07 Å². The third-order valence-electron chi connectivity index (χ3n) is 1.85. The maximum absolute atomic E-state index is 4.15. The predicted molar refractivity (Wildman–Crippen MR) is 49.4 cm³/mol. The fraction of sp³-hybridized carbons (Fsp3) is 0. The van der Waals surface area contributed by atoms with Gasteiger partial charge in [-0.3, -0.25) is 0 Å². The maximum Gasteiger partial charge on any atom is 0.313 e. The van der Waals surface area contributed by atoms with Crippen LogP contribution in [0.3, 0.4) is 0 Å². The molecule has 1 radical (unpaired) electrons. The molecule has 0 fully saturated rings. The highest BCUT2D eigenvalue weighted by molar-refractivity contribution is 7.23. The second-order valence-electron chi connectivity index (χ2n) is 2.64. The number of aromatic nitrogens is 3. The summed E-state index contributed by atoms with van der Waals surface area (Å²) in [5, 5.41) is 4.15. The normalized spacial score (nSPS) is 11.1. The molecule has 4 heteroatoms. The van der Waals surface area contributed by atoms with Crippen LogP contribution in [0.25, 0.3) is 15.0 Å². The van der Waals surface area contributed by atoms with E-state index in [0.29, 0.717) is 0 Å². The third-order valence-corrected chi connectivity index (χ3v) is 2.89. The number of thiazole rings is 1. The van der Waals surface area contributed by atoms with Crippen LogP contribution in [0.2, 0.25) is 0 Å². The second kappa shape index (κ2) is 2.47. The molecule has 13 heavy (non-hydrogen) atoms. The Kier molecular flexibility index (Phi) is 1.31. The van der Waals surface area contributed by atoms with E-state index in [1.54, 1.807) is 17.7 Å².